The molecule has 0 saturated heterocycles. The Morgan fingerprint density at radius 2 is 1.62 bits per heavy atom. The Labute approximate surface area is 127 Å². The van der Waals surface area contributed by atoms with Gasteiger partial charge in [-0.25, -0.2) is 9.59 Å². The highest BCUT2D eigenvalue weighted by atomic mass is 16.5. The molecule has 0 aromatic rings. The molecule has 0 spiro atoms. The number of rotatable bonds is 7. The van der Waals surface area contributed by atoms with Crippen LogP contribution in [0.5, 0.6) is 0 Å². The third kappa shape index (κ3) is 7.88. The van der Waals surface area contributed by atoms with E-state index in [1.807, 2.05) is 0 Å². The van der Waals surface area contributed by atoms with Gasteiger partial charge in [0.25, 0.3) is 0 Å². The third-order valence-corrected chi connectivity index (χ3v) is 3.77. The van der Waals surface area contributed by atoms with Crippen LogP contribution in [-0.4, -0.2) is 24.6 Å². The Bertz CT molecular complexity index is 352. The minimum absolute atomic E-state index is 0.0264. The first kappa shape index (κ1) is 17.7. The van der Waals surface area contributed by atoms with E-state index in [1.165, 1.54) is 12.5 Å². The largest absolute Gasteiger partial charge is 0.463 e. The molecule has 2 unspecified atom stereocenters. The number of hydrogen-bond acceptors (Lipinski definition) is 4. The summed E-state index contributed by atoms with van der Waals surface area (Å²) in [5.41, 5.74) is 0. The topological polar surface area (TPSA) is 52.6 Å². The molecule has 0 aromatic heterocycles. The summed E-state index contributed by atoms with van der Waals surface area (Å²) in [5.74, 6) is 0.235. The van der Waals surface area contributed by atoms with Crippen LogP contribution in [0.4, 0.5) is 0 Å². The standard InChI is InChI=1S/C17H28O4/c1-4-5-6-9-20-16(18)7-8-17(19)21-15-11-13(2)10-14(3)12-15/h7-8,13-15H,4-6,9-12H2,1-3H3/b8-7+. The van der Waals surface area contributed by atoms with Crippen LogP contribution in [0, 0.1) is 11.8 Å². The fourth-order valence-corrected chi connectivity index (χ4v) is 2.88. The van der Waals surface area contributed by atoms with Gasteiger partial charge in [0.05, 0.1) is 6.61 Å². The van der Waals surface area contributed by atoms with E-state index in [2.05, 4.69) is 20.8 Å². The lowest BCUT2D eigenvalue weighted by atomic mass is 9.82. The number of ether oxygens (including phenoxy) is 2. The average Bonchev–Trinajstić information content (AvgIpc) is 2.40. The van der Waals surface area contributed by atoms with Crippen molar-refractivity contribution >= 4 is 11.9 Å². The van der Waals surface area contributed by atoms with E-state index in [9.17, 15) is 9.59 Å². The van der Waals surface area contributed by atoms with Crippen molar-refractivity contribution in [2.75, 3.05) is 6.61 Å². The summed E-state index contributed by atoms with van der Waals surface area (Å²) >= 11 is 0. The predicted molar refractivity (Wildman–Crippen MR) is 81.7 cm³/mol. The molecule has 4 nitrogen and oxygen atoms in total. The highest BCUT2D eigenvalue weighted by molar-refractivity contribution is 5.91. The first-order chi connectivity index (χ1) is 10.0. The van der Waals surface area contributed by atoms with E-state index in [-0.39, 0.29) is 6.10 Å². The van der Waals surface area contributed by atoms with Crippen LogP contribution < -0.4 is 0 Å². The van der Waals surface area contributed by atoms with Gasteiger partial charge in [-0.2, -0.15) is 0 Å². The quantitative estimate of drug-likeness (QED) is 0.409. The van der Waals surface area contributed by atoms with Gasteiger partial charge >= 0.3 is 11.9 Å². The van der Waals surface area contributed by atoms with Gasteiger partial charge in [0.1, 0.15) is 6.10 Å². The molecule has 0 radical (unpaired) electrons. The lowest BCUT2D eigenvalue weighted by Crippen LogP contribution is -2.28. The average molecular weight is 296 g/mol. The van der Waals surface area contributed by atoms with Crippen LogP contribution >= 0.6 is 0 Å². The Morgan fingerprint density at radius 3 is 2.24 bits per heavy atom. The molecule has 4 heteroatoms. The lowest BCUT2D eigenvalue weighted by molar-refractivity contribution is -0.146. The zero-order valence-electron chi connectivity index (χ0n) is 13.5. The molecule has 1 fully saturated rings. The molecular weight excluding hydrogens is 268 g/mol. The molecule has 21 heavy (non-hydrogen) atoms. The van der Waals surface area contributed by atoms with Crippen LogP contribution in [0.15, 0.2) is 12.2 Å². The van der Waals surface area contributed by atoms with E-state index in [4.69, 9.17) is 9.47 Å². The zero-order valence-corrected chi connectivity index (χ0v) is 13.5. The van der Waals surface area contributed by atoms with Crippen molar-refractivity contribution in [2.24, 2.45) is 11.8 Å². The Hall–Kier alpha value is -1.32. The molecular formula is C17H28O4. The first-order valence-electron chi connectivity index (χ1n) is 8.06. The maximum absolute atomic E-state index is 11.7. The Balaban J connectivity index is 2.25. The summed E-state index contributed by atoms with van der Waals surface area (Å²) in [7, 11) is 0. The van der Waals surface area contributed by atoms with Gasteiger partial charge in [-0.05, 0) is 37.5 Å². The molecule has 0 bridgehead atoms. The fraction of sp³-hybridized carbons (Fsp3) is 0.765. The number of carbonyl (C=O) groups is 2. The Morgan fingerprint density at radius 1 is 1.00 bits per heavy atom. The summed E-state index contributed by atoms with van der Waals surface area (Å²) in [4.78, 5) is 23.1. The third-order valence-electron chi connectivity index (χ3n) is 3.77. The first-order valence-corrected chi connectivity index (χ1v) is 8.06. The van der Waals surface area contributed by atoms with Gasteiger partial charge in [-0.1, -0.05) is 33.6 Å². The van der Waals surface area contributed by atoms with Gasteiger partial charge in [-0.15, -0.1) is 0 Å². The summed E-state index contributed by atoms with van der Waals surface area (Å²) in [6.07, 6.45) is 8.29. The molecule has 1 aliphatic carbocycles. The van der Waals surface area contributed by atoms with E-state index in [0.717, 1.165) is 38.2 Å². The Kier molecular flexibility index (Phi) is 8.09. The number of hydrogen-bond donors (Lipinski definition) is 0. The highest BCUT2D eigenvalue weighted by Gasteiger charge is 2.26. The van der Waals surface area contributed by atoms with Crippen molar-refractivity contribution in [3.63, 3.8) is 0 Å². The molecule has 1 aliphatic rings. The van der Waals surface area contributed by atoms with Gasteiger partial charge in [0, 0.05) is 12.2 Å². The zero-order chi connectivity index (χ0) is 15.7. The van der Waals surface area contributed by atoms with Gasteiger partial charge < -0.3 is 9.47 Å². The van der Waals surface area contributed by atoms with E-state index in [1.54, 1.807) is 0 Å². The maximum atomic E-state index is 11.7. The monoisotopic (exact) mass is 296 g/mol. The van der Waals surface area contributed by atoms with Crippen molar-refractivity contribution < 1.29 is 19.1 Å². The molecule has 0 N–H and O–H groups in total. The summed E-state index contributed by atoms with van der Waals surface area (Å²) in [6.45, 7) is 6.86. The number of esters is 2. The molecule has 2 atom stereocenters. The van der Waals surface area contributed by atoms with Crippen molar-refractivity contribution in [3.8, 4) is 0 Å². The molecule has 120 valence electrons. The normalized spacial score (nSPS) is 25.8. The minimum Gasteiger partial charge on any atom is -0.463 e. The second-order valence-electron chi connectivity index (χ2n) is 6.18. The van der Waals surface area contributed by atoms with Crippen molar-refractivity contribution in [1.82, 2.24) is 0 Å². The molecule has 1 rings (SSSR count). The summed E-state index contributed by atoms with van der Waals surface area (Å²) in [5, 5.41) is 0. The predicted octanol–water partition coefficient (Wildman–Crippen LogP) is 3.64. The molecule has 0 aliphatic heterocycles. The van der Waals surface area contributed by atoms with Crippen molar-refractivity contribution in [3.05, 3.63) is 12.2 Å². The fourth-order valence-electron chi connectivity index (χ4n) is 2.88. The van der Waals surface area contributed by atoms with E-state index >= 15 is 0 Å². The number of unbranched alkanes of at least 4 members (excludes halogenated alkanes) is 2. The molecule has 0 heterocycles. The van der Waals surface area contributed by atoms with Gasteiger partial charge in [0.15, 0.2) is 0 Å². The molecule has 1 saturated carbocycles. The van der Waals surface area contributed by atoms with Crippen LogP contribution in [0.25, 0.3) is 0 Å². The van der Waals surface area contributed by atoms with Crippen LogP contribution in [-0.2, 0) is 19.1 Å². The van der Waals surface area contributed by atoms with Crippen LogP contribution in [0.1, 0.15) is 59.3 Å². The molecule has 0 aromatic carbocycles. The SMILES string of the molecule is CCCCCOC(=O)/C=C/C(=O)OC1CC(C)CC(C)C1. The van der Waals surface area contributed by atoms with E-state index < -0.39 is 11.9 Å². The highest BCUT2D eigenvalue weighted by Crippen LogP contribution is 2.30. The second-order valence-corrected chi connectivity index (χ2v) is 6.18. The second kappa shape index (κ2) is 9.59. The lowest BCUT2D eigenvalue weighted by Gasteiger charge is -2.30. The summed E-state index contributed by atoms with van der Waals surface area (Å²) in [6, 6.07) is 0. The van der Waals surface area contributed by atoms with Crippen LogP contribution in [0.3, 0.4) is 0 Å². The van der Waals surface area contributed by atoms with Gasteiger partial charge in [-0.3, -0.25) is 0 Å². The molecule has 0 amide bonds. The van der Waals surface area contributed by atoms with Crippen molar-refractivity contribution in [2.45, 2.75) is 65.4 Å². The van der Waals surface area contributed by atoms with E-state index in [0.29, 0.717) is 18.4 Å². The van der Waals surface area contributed by atoms with Crippen molar-refractivity contribution in [1.29, 1.82) is 0 Å². The minimum atomic E-state index is -0.478. The smallest absolute Gasteiger partial charge is 0.331 e. The van der Waals surface area contributed by atoms with Gasteiger partial charge in [0.2, 0.25) is 0 Å². The van der Waals surface area contributed by atoms with Crippen LogP contribution in [0.2, 0.25) is 0 Å². The summed E-state index contributed by atoms with van der Waals surface area (Å²) < 4.78 is 10.4. The maximum Gasteiger partial charge on any atom is 0.331 e. The number of carbonyl (C=O) groups excluding carboxylic acids is 2.